The molecule has 0 aliphatic carbocycles. The van der Waals surface area contributed by atoms with E-state index in [1.165, 1.54) is 0 Å². The molecule has 1 aromatic carbocycles. The van der Waals surface area contributed by atoms with Crippen molar-refractivity contribution in [3.63, 3.8) is 0 Å². The monoisotopic (exact) mass is 412 g/mol. The molecule has 0 spiro atoms. The number of thiophene rings is 1. The van der Waals surface area contributed by atoms with Crippen molar-refractivity contribution in [2.75, 3.05) is 6.54 Å². The zero-order chi connectivity index (χ0) is 20.2. The second kappa shape index (κ2) is 8.90. The first-order valence-corrected chi connectivity index (χ1v) is 10.6. The molecule has 1 aliphatic rings. The van der Waals surface area contributed by atoms with E-state index in [-0.39, 0.29) is 6.10 Å². The van der Waals surface area contributed by atoms with Crippen LogP contribution < -0.4 is 0 Å². The molecular formula is C22H24N2O4S. The van der Waals surface area contributed by atoms with Gasteiger partial charge in [0.15, 0.2) is 0 Å². The van der Waals surface area contributed by atoms with Crippen molar-refractivity contribution < 1.29 is 19.1 Å². The number of hydrogen-bond acceptors (Lipinski definition) is 6. The minimum absolute atomic E-state index is 0.107. The van der Waals surface area contributed by atoms with Crippen LogP contribution in [0.5, 0.6) is 0 Å². The number of likely N-dealkylation sites (tertiary alicyclic amines) is 1. The molecule has 1 fully saturated rings. The lowest BCUT2D eigenvalue weighted by Crippen LogP contribution is -2.48. The maximum atomic E-state index is 11.8. The first-order valence-electron chi connectivity index (χ1n) is 9.72. The lowest BCUT2D eigenvalue weighted by Gasteiger charge is -2.37. The second-order valence-corrected chi connectivity index (χ2v) is 8.21. The van der Waals surface area contributed by atoms with Crippen LogP contribution in [0.4, 0.5) is 0 Å². The SMILES string of the molecule is Cc1oc(-c2cccs2)nc1CO[C@@H]1CCN(Cc2ccccc2)C(C(=O)O)C1. The Morgan fingerprint density at radius 2 is 2.14 bits per heavy atom. The Morgan fingerprint density at radius 1 is 1.31 bits per heavy atom. The van der Waals surface area contributed by atoms with Gasteiger partial charge in [-0.1, -0.05) is 36.4 Å². The van der Waals surface area contributed by atoms with Crippen molar-refractivity contribution >= 4 is 17.3 Å². The van der Waals surface area contributed by atoms with Crippen molar-refractivity contribution in [2.45, 2.75) is 45.1 Å². The molecule has 0 bridgehead atoms. The Morgan fingerprint density at radius 3 is 2.86 bits per heavy atom. The number of carbonyl (C=O) groups is 1. The van der Waals surface area contributed by atoms with Gasteiger partial charge in [-0.05, 0) is 36.8 Å². The molecule has 29 heavy (non-hydrogen) atoms. The average Bonchev–Trinajstić information content (AvgIpc) is 3.38. The number of oxazole rings is 1. The molecule has 7 heteroatoms. The van der Waals surface area contributed by atoms with E-state index in [4.69, 9.17) is 9.15 Å². The molecule has 0 saturated carbocycles. The predicted molar refractivity (Wildman–Crippen MR) is 111 cm³/mol. The highest BCUT2D eigenvalue weighted by molar-refractivity contribution is 7.13. The fourth-order valence-corrected chi connectivity index (χ4v) is 4.31. The topological polar surface area (TPSA) is 75.8 Å². The number of hydrogen-bond donors (Lipinski definition) is 1. The quantitative estimate of drug-likeness (QED) is 0.622. The van der Waals surface area contributed by atoms with Crippen molar-refractivity contribution in [2.24, 2.45) is 0 Å². The smallest absolute Gasteiger partial charge is 0.321 e. The lowest BCUT2D eigenvalue weighted by atomic mass is 9.98. The normalized spacial score (nSPS) is 20.0. The molecule has 6 nitrogen and oxygen atoms in total. The van der Waals surface area contributed by atoms with Gasteiger partial charge in [0.05, 0.1) is 17.6 Å². The van der Waals surface area contributed by atoms with Gasteiger partial charge in [0.1, 0.15) is 17.5 Å². The van der Waals surface area contributed by atoms with Gasteiger partial charge < -0.3 is 14.3 Å². The third-order valence-electron chi connectivity index (χ3n) is 5.26. The number of benzene rings is 1. The molecule has 1 saturated heterocycles. The molecular weight excluding hydrogens is 388 g/mol. The van der Waals surface area contributed by atoms with Crippen LogP contribution in [0.25, 0.3) is 10.8 Å². The highest BCUT2D eigenvalue weighted by Crippen LogP contribution is 2.28. The number of aliphatic carboxylic acids is 1. The summed E-state index contributed by atoms with van der Waals surface area (Å²) in [6.45, 7) is 3.54. The first kappa shape index (κ1) is 19.8. The standard InChI is InChI=1S/C22H24N2O4S/c1-15-18(23-21(28-15)20-8-5-11-29-20)14-27-17-9-10-24(19(12-17)22(25)26)13-16-6-3-2-4-7-16/h2-8,11,17,19H,9-10,12-14H2,1H3,(H,25,26)/t17-,19?/m1/s1. The summed E-state index contributed by atoms with van der Waals surface area (Å²) in [7, 11) is 0. The first-order chi connectivity index (χ1) is 14.1. The minimum atomic E-state index is -0.799. The van der Waals surface area contributed by atoms with Gasteiger partial charge in [-0.2, -0.15) is 0 Å². The zero-order valence-corrected chi connectivity index (χ0v) is 17.1. The average molecular weight is 413 g/mol. The van der Waals surface area contributed by atoms with E-state index in [0.717, 1.165) is 28.3 Å². The Kier molecular flexibility index (Phi) is 6.08. The van der Waals surface area contributed by atoms with Crippen molar-refractivity contribution in [1.29, 1.82) is 0 Å². The van der Waals surface area contributed by atoms with Crippen LogP contribution in [-0.2, 0) is 22.7 Å². The number of ether oxygens (including phenoxy) is 1. The fraction of sp³-hybridized carbons (Fsp3) is 0.364. The van der Waals surface area contributed by atoms with Crippen molar-refractivity contribution in [3.05, 3.63) is 64.9 Å². The number of nitrogens with zero attached hydrogens (tertiary/aromatic N) is 2. The van der Waals surface area contributed by atoms with Gasteiger partial charge in [0.2, 0.25) is 5.89 Å². The highest BCUT2D eigenvalue weighted by Gasteiger charge is 2.34. The van der Waals surface area contributed by atoms with Gasteiger partial charge in [-0.3, -0.25) is 9.69 Å². The van der Waals surface area contributed by atoms with E-state index < -0.39 is 12.0 Å². The maximum absolute atomic E-state index is 11.8. The summed E-state index contributed by atoms with van der Waals surface area (Å²) in [5.41, 5.74) is 1.89. The van der Waals surface area contributed by atoms with Crippen LogP contribution in [0.3, 0.4) is 0 Å². The molecule has 3 heterocycles. The second-order valence-electron chi connectivity index (χ2n) is 7.27. The summed E-state index contributed by atoms with van der Waals surface area (Å²) in [5, 5.41) is 11.7. The van der Waals surface area contributed by atoms with Gasteiger partial charge in [0.25, 0.3) is 0 Å². The van der Waals surface area contributed by atoms with E-state index in [1.807, 2.05) is 59.7 Å². The zero-order valence-electron chi connectivity index (χ0n) is 16.3. The van der Waals surface area contributed by atoms with E-state index in [1.54, 1.807) is 11.3 Å². The van der Waals surface area contributed by atoms with E-state index in [9.17, 15) is 9.90 Å². The number of carboxylic acid groups (broad SMARTS) is 1. The largest absolute Gasteiger partial charge is 0.480 e. The molecule has 1 unspecified atom stereocenters. The summed E-state index contributed by atoms with van der Waals surface area (Å²) in [4.78, 5) is 19.4. The number of aryl methyl sites for hydroxylation is 1. The predicted octanol–water partition coefficient (Wildman–Crippen LogP) is 4.35. The highest BCUT2D eigenvalue weighted by atomic mass is 32.1. The molecule has 1 aliphatic heterocycles. The van der Waals surface area contributed by atoms with Gasteiger partial charge >= 0.3 is 5.97 Å². The summed E-state index contributed by atoms with van der Waals surface area (Å²) in [5.74, 6) is 0.550. The fourth-order valence-electron chi connectivity index (χ4n) is 3.66. The number of carboxylic acids is 1. The van der Waals surface area contributed by atoms with E-state index in [2.05, 4.69) is 4.98 Å². The summed E-state index contributed by atoms with van der Waals surface area (Å²) < 4.78 is 11.8. The lowest BCUT2D eigenvalue weighted by molar-refractivity contribution is -0.148. The number of aromatic nitrogens is 1. The maximum Gasteiger partial charge on any atom is 0.321 e. The summed E-state index contributed by atoms with van der Waals surface area (Å²) in [6, 6.07) is 13.4. The Balaban J connectivity index is 1.36. The van der Waals surface area contributed by atoms with Crippen LogP contribution in [0.15, 0.2) is 52.3 Å². The summed E-state index contributed by atoms with van der Waals surface area (Å²) in [6.07, 6.45) is 1.16. The number of piperidine rings is 1. The van der Waals surface area contributed by atoms with Crippen LogP contribution in [0.1, 0.15) is 29.9 Å². The van der Waals surface area contributed by atoms with Crippen LogP contribution in [-0.4, -0.2) is 39.7 Å². The van der Waals surface area contributed by atoms with Crippen LogP contribution in [0, 0.1) is 6.92 Å². The molecule has 0 radical (unpaired) electrons. The molecule has 0 amide bonds. The van der Waals surface area contributed by atoms with E-state index >= 15 is 0 Å². The van der Waals surface area contributed by atoms with E-state index in [0.29, 0.717) is 32.0 Å². The molecule has 1 N–H and O–H groups in total. The number of rotatable bonds is 7. The van der Waals surface area contributed by atoms with Gasteiger partial charge in [-0.15, -0.1) is 11.3 Å². The summed E-state index contributed by atoms with van der Waals surface area (Å²) >= 11 is 1.58. The van der Waals surface area contributed by atoms with Crippen molar-refractivity contribution in [3.8, 4) is 10.8 Å². The molecule has 4 rings (SSSR count). The van der Waals surface area contributed by atoms with Crippen LogP contribution in [0.2, 0.25) is 0 Å². The minimum Gasteiger partial charge on any atom is -0.480 e. The molecule has 152 valence electrons. The third kappa shape index (κ3) is 4.75. The molecule has 2 aromatic heterocycles. The molecule has 3 aromatic rings. The van der Waals surface area contributed by atoms with Gasteiger partial charge in [0, 0.05) is 13.1 Å². The van der Waals surface area contributed by atoms with Gasteiger partial charge in [-0.25, -0.2) is 4.98 Å². The molecule has 2 atom stereocenters. The Hall–Kier alpha value is -2.48. The van der Waals surface area contributed by atoms with Crippen molar-refractivity contribution in [1.82, 2.24) is 9.88 Å². The Bertz CT molecular complexity index is 939. The Labute approximate surface area is 173 Å². The van der Waals surface area contributed by atoms with Crippen LogP contribution >= 0.6 is 11.3 Å². The third-order valence-corrected chi connectivity index (χ3v) is 6.12.